The molecule has 0 saturated heterocycles. The summed E-state index contributed by atoms with van der Waals surface area (Å²) in [5, 5.41) is 10.4. The van der Waals surface area contributed by atoms with Crippen molar-refractivity contribution in [3.8, 4) is 0 Å². The van der Waals surface area contributed by atoms with Crippen LogP contribution in [0.5, 0.6) is 0 Å². The Morgan fingerprint density at radius 2 is 1.68 bits per heavy atom. The number of rotatable bonds is 4. The SMILES string of the molecule is CCc1cccc(C(O)c2ccc(N(C)C)cc2)c1. The molecule has 0 amide bonds. The monoisotopic (exact) mass is 255 g/mol. The fourth-order valence-electron chi connectivity index (χ4n) is 2.13. The first-order valence-corrected chi connectivity index (χ1v) is 6.66. The van der Waals surface area contributed by atoms with Gasteiger partial charge in [-0.25, -0.2) is 0 Å². The van der Waals surface area contributed by atoms with Gasteiger partial charge in [0, 0.05) is 19.8 Å². The fourth-order valence-corrected chi connectivity index (χ4v) is 2.13. The molecule has 0 aliphatic heterocycles. The van der Waals surface area contributed by atoms with E-state index in [1.807, 2.05) is 55.4 Å². The van der Waals surface area contributed by atoms with Crippen LogP contribution in [0, 0.1) is 0 Å². The van der Waals surface area contributed by atoms with E-state index in [1.54, 1.807) is 0 Å². The Bertz CT molecular complexity index is 531. The first-order valence-electron chi connectivity index (χ1n) is 6.66. The van der Waals surface area contributed by atoms with Crippen molar-refractivity contribution < 1.29 is 5.11 Å². The van der Waals surface area contributed by atoms with Crippen LogP contribution in [0.4, 0.5) is 5.69 Å². The lowest BCUT2D eigenvalue weighted by Crippen LogP contribution is -2.08. The van der Waals surface area contributed by atoms with Crippen LogP contribution < -0.4 is 4.90 Å². The summed E-state index contributed by atoms with van der Waals surface area (Å²) in [4.78, 5) is 2.05. The van der Waals surface area contributed by atoms with Gasteiger partial charge in [-0.2, -0.15) is 0 Å². The van der Waals surface area contributed by atoms with Crippen LogP contribution in [0.15, 0.2) is 48.5 Å². The average molecular weight is 255 g/mol. The maximum atomic E-state index is 10.4. The quantitative estimate of drug-likeness (QED) is 0.905. The van der Waals surface area contributed by atoms with Crippen LogP contribution in [0.25, 0.3) is 0 Å². The molecule has 2 aromatic carbocycles. The highest BCUT2D eigenvalue weighted by atomic mass is 16.3. The number of hydrogen-bond acceptors (Lipinski definition) is 2. The summed E-state index contributed by atoms with van der Waals surface area (Å²) in [7, 11) is 4.02. The van der Waals surface area contributed by atoms with Crippen LogP contribution in [0.3, 0.4) is 0 Å². The summed E-state index contributed by atoms with van der Waals surface area (Å²) >= 11 is 0. The first-order chi connectivity index (χ1) is 9.11. The molecule has 1 atom stereocenters. The van der Waals surface area contributed by atoms with Crippen molar-refractivity contribution in [2.45, 2.75) is 19.4 Å². The molecule has 1 N–H and O–H groups in total. The van der Waals surface area contributed by atoms with Crippen molar-refractivity contribution >= 4 is 5.69 Å². The molecule has 0 aromatic heterocycles. The van der Waals surface area contributed by atoms with Crippen LogP contribution in [-0.2, 0) is 6.42 Å². The minimum absolute atomic E-state index is 0.553. The van der Waals surface area contributed by atoms with Gasteiger partial charge in [0.2, 0.25) is 0 Å². The van der Waals surface area contributed by atoms with Crippen LogP contribution >= 0.6 is 0 Å². The van der Waals surface area contributed by atoms with E-state index in [2.05, 4.69) is 19.1 Å². The highest BCUT2D eigenvalue weighted by Gasteiger charge is 2.10. The molecule has 0 aliphatic rings. The first kappa shape index (κ1) is 13.6. The minimum atomic E-state index is -0.553. The van der Waals surface area contributed by atoms with Crippen molar-refractivity contribution in [1.82, 2.24) is 0 Å². The number of anilines is 1. The number of aliphatic hydroxyl groups is 1. The van der Waals surface area contributed by atoms with Gasteiger partial charge < -0.3 is 10.0 Å². The highest BCUT2D eigenvalue weighted by Crippen LogP contribution is 2.24. The number of hydrogen-bond donors (Lipinski definition) is 1. The van der Waals surface area contributed by atoms with E-state index in [-0.39, 0.29) is 0 Å². The van der Waals surface area contributed by atoms with E-state index >= 15 is 0 Å². The maximum Gasteiger partial charge on any atom is 0.104 e. The van der Waals surface area contributed by atoms with Crippen molar-refractivity contribution in [2.75, 3.05) is 19.0 Å². The molecule has 0 aliphatic carbocycles. The molecule has 0 saturated carbocycles. The van der Waals surface area contributed by atoms with E-state index in [4.69, 9.17) is 0 Å². The zero-order valence-corrected chi connectivity index (χ0v) is 11.8. The number of benzene rings is 2. The Hall–Kier alpha value is -1.80. The second-order valence-electron chi connectivity index (χ2n) is 4.99. The lowest BCUT2D eigenvalue weighted by atomic mass is 9.99. The molecule has 0 radical (unpaired) electrons. The van der Waals surface area contributed by atoms with Crippen LogP contribution in [-0.4, -0.2) is 19.2 Å². The predicted molar refractivity (Wildman–Crippen MR) is 80.7 cm³/mol. The predicted octanol–water partition coefficient (Wildman–Crippen LogP) is 3.40. The lowest BCUT2D eigenvalue weighted by Gasteiger charge is -2.16. The van der Waals surface area contributed by atoms with Crippen LogP contribution in [0.1, 0.15) is 29.7 Å². The molecule has 19 heavy (non-hydrogen) atoms. The summed E-state index contributed by atoms with van der Waals surface area (Å²) in [6.07, 6.45) is 0.433. The molecule has 0 spiro atoms. The van der Waals surface area contributed by atoms with E-state index in [0.29, 0.717) is 0 Å². The smallest absolute Gasteiger partial charge is 0.104 e. The molecule has 1 unspecified atom stereocenters. The lowest BCUT2D eigenvalue weighted by molar-refractivity contribution is 0.220. The van der Waals surface area contributed by atoms with Gasteiger partial charge in [0.25, 0.3) is 0 Å². The van der Waals surface area contributed by atoms with Crippen molar-refractivity contribution in [2.24, 2.45) is 0 Å². The molecule has 100 valence electrons. The fraction of sp³-hybridized carbons (Fsp3) is 0.294. The van der Waals surface area contributed by atoms with Gasteiger partial charge in [-0.05, 0) is 35.2 Å². The maximum absolute atomic E-state index is 10.4. The Balaban J connectivity index is 2.25. The van der Waals surface area contributed by atoms with Gasteiger partial charge in [0.1, 0.15) is 6.10 Å². The van der Waals surface area contributed by atoms with E-state index in [9.17, 15) is 5.11 Å². The summed E-state index contributed by atoms with van der Waals surface area (Å²) in [6.45, 7) is 2.12. The Labute approximate surface area is 115 Å². The summed E-state index contributed by atoms with van der Waals surface area (Å²) in [5.74, 6) is 0. The minimum Gasteiger partial charge on any atom is -0.384 e. The molecular weight excluding hydrogens is 234 g/mol. The third-order valence-corrected chi connectivity index (χ3v) is 3.40. The second-order valence-corrected chi connectivity index (χ2v) is 4.99. The largest absolute Gasteiger partial charge is 0.384 e. The average Bonchev–Trinajstić information content (AvgIpc) is 2.46. The van der Waals surface area contributed by atoms with Gasteiger partial charge in [0.15, 0.2) is 0 Å². The third-order valence-electron chi connectivity index (χ3n) is 3.40. The van der Waals surface area contributed by atoms with Gasteiger partial charge >= 0.3 is 0 Å². The molecule has 0 bridgehead atoms. The van der Waals surface area contributed by atoms with E-state index < -0.39 is 6.10 Å². The highest BCUT2D eigenvalue weighted by molar-refractivity contribution is 5.47. The summed E-state index contributed by atoms with van der Waals surface area (Å²) in [6, 6.07) is 16.2. The van der Waals surface area contributed by atoms with Crippen molar-refractivity contribution in [3.63, 3.8) is 0 Å². The zero-order valence-electron chi connectivity index (χ0n) is 11.8. The zero-order chi connectivity index (χ0) is 13.8. The molecule has 0 fully saturated rings. The second kappa shape index (κ2) is 5.89. The molecule has 2 heteroatoms. The third kappa shape index (κ3) is 3.15. The number of aryl methyl sites for hydroxylation is 1. The van der Waals surface area contributed by atoms with Gasteiger partial charge in [-0.1, -0.05) is 43.3 Å². The van der Waals surface area contributed by atoms with Gasteiger partial charge in [-0.3, -0.25) is 0 Å². The van der Waals surface area contributed by atoms with Gasteiger partial charge in [-0.15, -0.1) is 0 Å². The molecule has 2 rings (SSSR count). The molecule has 2 nitrogen and oxygen atoms in total. The normalized spacial score (nSPS) is 12.2. The van der Waals surface area contributed by atoms with E-state index in [1.165, 1.54) is 5.56 Å². The standard InChI is InChI=1S/C17H21NO/c1-4-13-6-5-7-15(12-13)17(19)14-8-10-16(11-9-14)18(2)3/h5-12,17,19H,4H2,1-3H3. The number of aliphatic hydroxyl groups excluding tert-OH is 1. The Morgan fingerprint density at radius 1 is 1.00 bits per heavy atom. The summed E-state index contributed by atoms with van der Waals surface area (Å²) < 4.78 is 0. The van der Waals surface area contributed by atoms with Crippen molar-refractivity contribution in [1.29, 1.82) is 0 Å². The Kier molecular flexibility index (Phi) is 4.23. The molecular formula is C17H21NO. The van der Waals surface area contributed by atoms with Crippen molar-refractivity contribution in [3.05, 3.63) is 65.2 Å². The van der Waals surface area contributed by atoms with E-state index in [0.717, 1.165) is 23.2 Å². The topological polar surface area (TPSA) is 23.5 Å². The van der Waals surface area contributed by atoms with Crippen LogP contribution in [0.2, 0.25) is 0 Å². The van der Waals surface area contributed by atoms with Gasteiger partial charge in [0.05, 0.1) is 0 Å². The summed E-state index contributed by atoms with van der Waals surface area (Å²) in [5.41, 5.74) is 4.27. The molecule has 2 aromatic rings. The number of nitrogens with zero attached hydrogens (tertiary/aromatic N) is 1. The Morgan fingerprint density at radius 3 is 2.26 bits per heavy atom. The molecule has 0 heterocycles.